The number of amides is 1. The minimum atomic E-state index is -2.91. The zero-order chi connectivity index (χ0) is 17.8. The summed E-state index contributed by atoms with van der Waals surface area (Å²) in [6.07, 6.45) is 1.57. The maximum Gasteiger partial charge on any atom is 0.387 e. The van der Waals surface area contributed by atoms with E-state index in [0.29, 0.717) is 11.4 Å². The monoisotopic (exact) mass is 347 g/mol. The molecular weight excluding hydrogens is 335 g/mol. The Balaban J connectivity index is 1.68. The summed E-state index contributed by atoms with van der Waals surface area (Å²) in [7, 11) is 0. The molecule has 3 rings (SSSR count). The zero-order valence-electron chi connectivity index (χ0n) is 12.7. The first kappa shape index (κ1) is 16.6. The number of carbonyl (C=O) groups is 1. The van der Waals surface area contributed by atoms with E-state index in [2.05, 4.69) is 15.2 Å². The average molecular weight is 347 g/mol. The molecule has 0 radical (unpaired) electrons. The van der Waals surface area contributed by atoms with Gasteiger partial charge in [0.05, 0.1) is 5.69 Å². The topological polar surface area (TPSA) is 56.1 Å². The van der Waals surface area contributed by atoms with Crippen LogP contribution >= 0.6 is 0 Å². The van der Waals surface area contributed by atoms with E-state index in [4.69, 9.17) is 0 Å². The number of anilines is 1. The molecule has 1 heterocycles. The van der Waals surface area contributed by atoms with E-state index >= 15 is 0 Å². The van der Waals surface area contributed by atoms with Gasteiger partial charge in [0.2, 0.25) is 0 Å². The third-order valence-electron chi connectivity index (χ3n) is 3.25. The second kappa shape index (κ2) is 7.08. The Morgan fingerprint density at radius 1 is 1.04 bits per heavy atom. The first-order valence-electron chi connectivity index (χ1n) is 7.19. The second-order valence-electron chi connectivity index (χ2n) is 4.98. The molecule has 0 aliphatic rings. The fraction of sp³-hybridized carbons (Fsp3) is 0.0588. The van der Waals surface area contributed by atoms with E-state index in [1.807, 2.05) is 0 Å². The van der Waals surface area contributed by atoms with Crippen LogP contribution in [0.5, 0.6) is 5.75 Å². The fourth-order valence-electron chi connectivity index (χ4n) is 2.10. The molecule has 128 valence electrons. The molecule has 0 saturated carbocycles. The van der Waals surface area contributed by atoms with Crippen molar-refractivity contribution in [3.05, 3.63) is 72.3 Å². The van der Waals surface area contributed by atoms with Gasteiger partial charge in [-0.3, -0.25) is 4.79 Å². The predicted molar refractivity (Wildman–Crippen MR) is 84.5 cm³/mol. The Morgan fingerprint density at radius 2 is 1.72 bits per heavy atom. The van der Waals surface area contributed by atoms with Crippen molar-refractivity contribution < 1.29 is 22.7 Å². The average Bonchev–Trinajstić information content (AvgIpc) is 3.07. The third-order valence-corrected chi connectivity index (χ3v) is 3.25. The summed E-state index contributed by atoms with van der Waals surface area (Å²) >= 11 is 0. The molecule has 1 amide bonds. The fourth-order valence-corrected chi connectivity index (χ4v) is 2.10. The predicted octanol–water partition coefficient (Wildman–Crippen LogP) is 3.87. The normalized spacial score (nSPS) is 10.7. The van der Waals surface area contributed by atoms with Gasteiger partial charge in [-0.2, -0.15) is 13.9 Å². The minimum Gasteiger partial charge on any atom is -0.435 e. The van der Waals surface area contributed by atoms with E-state index in [1.54, 1.807) is 6.20 Å². The van der Waals surface area contributed by atoms with Gasteiger partial charge in [-0.15, -0.1) is 0 Å². The van der Waals surface area contributed by atoms with Gasteiger partial charge in [0.1, 0.15) is 11.6 Å². The zero-order valence-corrected chi connectivity index (χ0v) is 12.7. The number of nitrogens with one attached hydrogen (secondary N) is 1. The summed E-state index contributed by atoms with van der Waals surface area (Å²) in [5, 5.41) is 6.72. The summed E-state index contributed by atoms with van der Waals surface area (Å²) < 4.78 is 42.8. The quantitative estimate of drug-likeness (QED) is 0.762. The summed E-state index contributed by atoms with van der Waals surface area (Å²) in [6.45, 7) is -2.91. The summed E-state index contributed by atoms with van der Waals surface area (Å²) in [5.74, 6) is -0.842. The third kappa shape index (κ3) is 4.17. The lowest BCUT2D eigenvalue weighted by Crippen LogP contribution is -2.13. The van der Waals surface area contributed by atoms with Crippen molar-refractivity contribution in [1.82, 2.24) is 9.78 Å². The highest BCUT2D eigenvalue weighted by atomic mass is 19.3. The van der Waals surface area contributed by atoms with Crippen molar-refractivity contribution in [3.63, 3.8) is 0 Å². The molecule has 0 bridgehead atoms. The van der Waals surface area contributed by atoms with Gasteiger partial charge in [-0.25, -0.2) is 9.07 Å². The molecule has 1 N–H and O–H groups in total. The van der Waals surface area contributed by atoms with Gasteiger partial charge >= 0.3 is 6.61 Å². The number of halogens is 3. The molecule has 3 aromatic rings. The second-order valence-corrected chi connectivity index (χ2v) is 4.98. The van der Waals surface area contributed by atoms with Crippen molar-refractivity contribution in [2.24, 2.45) is 0 Å². The number of benzene rings is 2. The van der Waals surface area contributed by atoms with Gasteiger partial charge in [-0.05, 0) is 54.6 Å². The maximum absolute atomic E-state index is 12.9. The number of aromatic nitrogens is 2. The largest absolute Gasteiger partial charge is 0.435 e. The van der Waals surface area contributed by atoms with Crippen molar-refractivity contribution >= 4 is 11.6 Å². The van der Waals surface area contributed by atoms with E-state index in [9.17, 15) is 18.0 Å². The highest BCUT2D eigenvalue weighted by Crippen LogP contribution is 2.18. The summed E-state index contributed by atoms with van der Waals surface area (Å²) in [6, 6.07) is 12.7. The molecule has 0 fully saturated rings. The van der Waals surface area contributed by atoms with Crippen LogP contribution in [0.4, 0.5) is 18.9 Å². The number of carbonyl (C=O) groups excluding carboxylic acids is 1. The number of nitrogens with zero attached hydrogens (tertiary/aromatic N) is 2. The number of rotatable bonds is 5. The lowest BCUT2D eigenvalue weighted by Gasteiger charge is -2.06. The molecule has 0 unspecified atom stereocenters. The van der Waals surface area contributed by atoms with E-state index < -0.39 is 12.5 Å². The van der Waals surface area contributed by atoms with Crippen molar-refractivity contribution in [1.29, 1.82) is 0 Å². The SMILES string of the molecule is O=C(Nc1ccc(OC(F)F)cc1)c1ccn(-c2ccc(F)cc2)n1. The Kier molecular flexibility index (Phi) is 4.69. The molecule has 8 heteroatoms. The van der Waals surface area contributed by atoms with Crippen LogP contribution in [0.2, 0.25) is 0 Å². The molecule has 0 spiro atoms. The summed E-state index contributed by atoms with van der Waals surface area (Å²) in [5.41, 5.74) is 1.16. The lowest BCUT2D eigenvalue weighted by atomic mass is 10.3. The standard InChI is InChI=1S/C17H12F3N3O2/c18-11-1-5-13(6-2-11)23-10-9-15(22-23)16(24)21-12-3-7-14(8-4-12)25-17(19)20/h1-10,17H,(H,21,24). The molecule has 0 saturated heterocycles. The molecule has 0 aliphatic heterocycles. The number of hydrogen-bond donors (Lipinski definition) is 1. The van der Waals surface area contributed by atoms with Gasteiger partial charge in [0, 0.05) is 11.9 Å². The smallest absolute Gasteiger partial charge is 0.387 e. The molecule has 1 aromatic heterocycles. The van der Waals surface area contributed by atoms with Gasteiger partial charge in [0.25, 0.3) is 5.91 Å². The number of alkyl halides is 2. The van der Waals surface area contributed by atoms with Gasteiger partial charge in [-0.1, -0.05) is 0 Å². The molecule has 5 nitrogen and oxygen atoms in total. The Bertz CT molecular complexity index is 862. The minimum absolute atomic E-state index is 0.00594. The van der Waals surface area contributed by atoms with Gasteiger partial charge in [0.15, 0.2) is 5.69 Å². The van der Waals surface area contributed by atoms with Crippen LogP contribution < -0.4 is 10.1 Å². The Morgan fingerprint density at radius 3 is 2.36 bits per heavy atom. The van der Waals surface area contributed by atoms with Crippen molar-refractivity contribution in [2.45, 2.75) is 6.61 Å². The highest BCUT2D eigenvalue weighted by Gasteiger charge is 2.11. The van der Waals surface area contributed by atoms with E-state index in [1.165, 1.54) is 59.3 Å². The van der Waals surface area contributed by atoms with Crippen LogP contribution in [0.1, 0.15) is 10.5 Å². The van der Waals surface area contributed by atoms with Crippen LogP contribution in [0.15, 0.2) is 60.8 Å². The van der Waals surface area contributed by atoms with E-state index in [0.717, 1.165) is 0 Å². The summed E-state index contributed by atoms with van der Waals surface area (Å²) in [4.78, 5) is 12.2. The first-order valence-corrected chi connectivity index (χ1v) is 7.19. The van der Waals surface area contributed by atoms with E-state index in [-0.39, 0.29) is 17.3 Å². The maximum atomic E-state index is 12.9. The van der Waals surface area contributed by atoms with Crippen LogP contribution in [-0.4, -0.2) is 22.3 Å². The number of hydrogen-bond acceptors (Lipinski definition) is 3. The van der Waals surface area contributed by atoms with Gasteiger partial charge < -0.3 is 10.1 Å². The molecule has 0 aliphatic carbocycles. The van der Waals surface area contributed by atoms with Crippen molar-refractivity contribution in [2.75, 3.05) is 5.32 Å². The molecular formula is C17H12F3N3O2. The highest BCUT2D eigenvalue weighted by molar-refractivity contribution is 6.02. The Labute approximate surface area is 140 Å². The molecule has 25 heavy (non-hydrogen) atoms. The molecule has 0 atom stereocenters. The van der Waals surface area contributed by atoms with Crippen LogP contribution in [-0.2, 0) is 0 Å². The molecule has 2 aromatic carbocycles. The van der Waals surface area contributed by atoms with Crippen LogP contribution in [0.25, 0.3) is 5.69 Å². The van der Waals surface area contributed by atoms with Crippen LogP contribution in [0.3, 0.4) is 0 Å². The van der Waals surface area contributed by atoms with Crippen molar-refractivity contribution in [3.8, 4) is 11.4 Å². The lowest BCUT2D eigenvalue weighted by molar-refractivity contribution is -0.0498. The number of ether oxygens (including phenoxy) is 1. The first-order chi connectivity index (χ1) is 12.0. The van der Waals surface area contributed by atoms with Crippen LogP contribution in [0, 0.1) is 5.82 Å². The Hall–Kier alpha value is -3.29.